The third kappa shape index (κ3) is 2.38. The van der Waals surface area contributed by atoms with Gasteiger partial charge in [-0.05, 0) is 13.8 Å². The van der Waals surface area contributed by atoms with E-state index in [1.165, 1.54) is 0 Å². The number of ether oxygens (including phenoxy) is 2. The van der Waals surface area contributed by atoms with Crippen LogP contribution in [0.15, 0.2) is 0 Å². The Morgan fingerprint density at radius 1 is 1.36 bits per heavy atom. The van der Waals surface area contributed by atoms with E-state index in [0.29, 0.717) is 13.2 Å². The zero-order valence-corrected chi connectivity index (χ0v) is 8.12. The van der Waals surface area contributed by atoms with E-state index < -0.39 is 5.79 Å². The molecule has 0 bridgehead atoms. The van der Waals surface area contributed by atoms with Crippen LogP contribution in [-0.4, -0.2) is 35.9 Å². The van der Waals surface area contributed by atoms with Gasteiger partial charge in [0.05, 0.1) is 25.0 Å². The van der Waals surface area contributed by atoms with Crippen LogP contribution in [0.3, 0.4) is 0 Å². The lowest BCUT2D eigenvalue weighted by atomic mass is 10.1. The first-order valence-corrected chi connectivity index (χ1v) is 4.23. The molecule has 1 fully saturated rings. The van der Waals surface area contributed by atoms with Gasteiger partial charge in [-0.1, -0.05) is 0 Å². The van der Waals surface area contributed by atoms with Crippen molar-refractivity contribution in [2.45, 2.75) is 24.8 Å². The Balaban J connectivity index is 2.48. The molecule has 0 aliphatic carbocycles. The molecule has 1 unspecified atom stereocenters. The Labute approximate surface area is 69.3 Å². The van der Waals surface area contributed by atoms with Crippen LogP contribution in [0.4, 0.5) is 0 Å². The minimum absolute atomic E-state index is 0.0771. The number of hydrogen-bond donors (Lipinski definition) is 1. The monoisotopic (exact) mass is 178 g/mol. The van der Waals surface area contributed by atoms with E-state index in [1.807, 2.05) is 13.8 Å². The van der Waals surface area contributed by atoms with Crippen molar-refractivity contribution in [3.05, 3.63) is 0 Å². The van der Waals surface area contributed by atoms with Crippen molar-refractivity contribution < 1.29 is 14.6 Å². The number of aliphatic hydroxyl groups is 1. The molecule has 66 valence electrons. The van der Waals surface area contributed by atoms with E-state index in [9.17, 15) is 0 Å². The summed E-state index contributed by atoms with van der Waals surface area (Å²) in [6.07, 6.45) is 0. The second kappa shape index (κ2) is 2.98. The van der Waals surface area contributed by atoms with Gasteiger partial charge in [0, 0.05) is 0 Å². The standard InChI is InChI=1S/C7H15O3P/c1-6(2)9-4-7(11,3-8)5-10-6/h8H,3-5,11H2,1-2H3. The lowest BCUT2D eigenvalue weighted by molar-refractivity contribution is -0.257. The van der Waals surface area contributed by atoms with E-state index in [0.717, 1.165) is 0 Å². The molecular weight excluding hydrogens is 163 g/mol. The molecule has 0 aromatic rings. The van der Waals surface area contributed by atoms with Crippen molar-refractivity contribution in [1.29, 1.82) is 0 Å². The molecule has 0 aromatic carbocycles. The zero-order chi connectivity index (χ0) is 8.54. The average molecular weight is 178 g/mol. The molecule has 0 radical (unpaired) electrons. The lowest BCUT2D eigenvalue weighted by Gasteiger charge is -2.40. The normalized spacial score (nSPS) is 28.4. The summed E-state index contributed by atoms with van der Waals surface area (Å²) >= 11 is 0. The predicted molar refractivity (Wildman–Crippen MR) is 45.5 cm³/mol. The molecule has 1 rings (SSSR count). The van der Waals surface area contributed by atoms with Crippen LogP contribution < -0.4 is 0 Å². The van der Waals surface area contributed by atoms with E-state index in [4.69, 9.17) is 14.6 Å². The summed E-state index contributed by atoms with van der Waals surface area (Å²) in [5.41, 5.74) is 0. The predicted octanol–water partition coefficient (Wildman–Crippen LogP) is 0.376. The van der Waals surface area contributed by atoms with Crippen molar-refractivity contribution in [3.8, 4) is 0 Å². The highest BCUT2D eigenvalue weighted by Gasteiger charge is 2.36. The summed E-state index contributed by atoms with van der Waals surface area (Å²) in [5.74, 6) is -0.491. The van der Waals surface area contributed by atoms with E-state index in [-0.39, 0.29) is 11.8 Å². The average Bonchev–Trinajstić information content (AvgIpc) is 1.97. The molecule has 3 nitrogen and oxygen atoms in total. The molecule has 0 saturated carbocycles. The first-order valence-electron chi connectivity index (χ1n) is 3.65. The molecule has 1 saturated heterocycles. The number of hydrogen-bond acceptors (Lipinski definition) is 3. The first kappa shape index (κ1) is 9.40. The minimum atomic E-state index is -0.491. The highest BCUT2D eigenvalue weighted by Crippen LogP contribution is 2.29. The molecular formula is C7H15O3P. The zero-order valence-electron chi connectivity index (χ0n) is 6.96. The fourth-order valence-corrected chi connectivity index (χ4v) is 0.976. The summed E-state index contributed by atoms with van der Waals surface area (Å²) < 4.78 is 10.7. The van der Waals surface area contributed by atoms with Crippen molar-refractivity contribution in [2.24, 2.45) is 0 Å². The molecule has 0 amide bonds. The molecule has 1 atom stereocenters. The van der Waals surface area contributed by atoms with Gasteiger partial charge >= 0.3 is 0 Å². The van der Waals surface area contributed by atoms with Gasteiger partial charge in [-0.15, -0.1) is 9.24 Å². The number of rotatable bonds is 1. The Morgan fingerprint density at radius 3 is 2.18 bits per heavy atom. The molecule has 0 spiro atoms. The fourth-order valence-electron chi connectivity index (χ4n) is 0.810. The molecule has 4 heteroatoms. The summed E-state index contributed by atoms with van der Waals surface area (Å²) in [7, 11) is 2.57. The van der Waals surface area contributed by atoms with E-state index in [1.54, 1.807) is 0 Å². The Kier molecular flexibility index (Phi) is 2.55. The highest BCUT2D eigenvalue weighted by molar-refractivity contribution is 7.19. The van der Waals surface area contributed by atoms with Crippen molar-refractivity contribution in [2.75, 3.05) is 19.8 Å². The smallest absolute Gasteiger partial charge is 0.162 e. The summed E-state index contributed by atoms with van der Waals surface area (Å²) in [6.45, 7) is 4.87. The SMILES string of the molecule is CC1(C)OCC(P)(CO)CO1. The van der Waals surface area contributed by atoms with Gasteiger partial charge in [-0.3, -0.25) is 0 Å². The molecule has 11 heavy (non-hydrogen) atoms. The molecule has 1 aliphatic rings. The van der Waals surface area contributed by atoms with Crippen LogP contribution >= 0.6 is 9.24 Å². The second-order valence-corrected chi connectivity index (χ2v) is 4.72. The summed E-state index contributed by atoms with van der Waals surface area (Å²) in [5, 5.41) is 8.64. The number of aliphatic hydroxyl groups excluding tert-OH is 1. The summed E-state index contributed by atoms with van der Waals surface area (Å²) in [4.78, 5) is 0. The fraction of sp³-hybridized carbons (Fsp3) is 1.00. The maximum absolute atomic E-state index is 8.94. The topological polar surface area (TPSA) is 38.7 Å². The van der Waals surface area contributed by atoms with E-state index in [2.05, 4.69) is 9.24 Å². The molecule has 1 N–H and O–H groups in total. The summed E-state index contributed by atoms with van der Waals surface area (Å²) in [6, 6.07) is 0. The Hall–Kier alpha value is 0.310. The van der Waals surface area contributed by atoms with E-state index >= 15 is 0 Å². The van der Waals surface area contributed by atoms with Gasteiger partial charge in [-0.2, -0.15) is 0 Å². The van der Waals surface area contributed by atoms with Crippen LogP contribution in [0.2, 0.25) is 0 Å². The Bertz CT molecular complexity index is 137. The van der Waals surface area contributed by atoms with Crippen molar-refractivity contribution in [1.82, 2.24) is 0 Å². The maximum atomic E-state index is 8.94. The second-order valence-electron chi connectivity index (χ2n) is 3.50. The van der Waals surface area contributed by atoms with Crippen LogP contribution in [0, 0.1) is 0 Å². The van der Waals surface area contributed by atoms with Gasteiger partial charge in [-0.25, -0.2) is 0 Å². The van der Waals surface area contributed by atoms with Crippen molar-refractivity contribution >= 4 is 9.24 Å². The van der Waals surface area contributed by atoms with Crippen LogP contribution in [0.25, 0.3) is 0 Å². The first-order chi connectivity index (χ1) is 4.97. The van der Waals surface area contributed by atoms with Gasteiger partial charge < -0.3 is 14.6 Å². The third-order valence-corrected chi connectivity index (χ3v) is 2.25. The maximum Gasteiger partial charge on any atom is 0.162 e. The molecule has 0 aromatic heterocycles. The lowest BCUT2D eigenvalue weighted by Crippen LogP contribution is -2.49. The van der Waals surface area contributed by atoms with Crippen molar-refractivity contribution in [3.63, 3.8) is 0 Å². The third-order valence-electron chi connectivity index (χ3n) is 1.73. The van der Waals surface area contributed by atoms with Gasteiger partial charge in [0.2, 0.25) is 0 Å². The molecule has 1 aliphatic heterocycles. The van der Waals surface area contributed by atoms with Gasteiger partial charge in [0.1, 0.15) is 0 Å². The van der Waals surface area contributed by atoms with Crippen LogP contribution in [0.5, 0.6) is 0 Å². The largest absolute Gasteiger partial charge is 0.395 e. The minimum Gasteiger partial charge on any atom is -0.395 e. The quantitative estimate of drug-likeness (QED) is 0.590. The molecule has 1 heterocycles. The van der Waals surface area contributed by atoms with Crippen LogP contribution in [-0.2, 0) is 9.47 Å². The van der Waals surface area contributed by atoms with Gasteiger partial charge in [0.15, 0.2) is 5.79 Å². The van der Waals surface area contributed by atoms with Gasteiger partial charge in [0.25, 0.3) is 0 Å². The highest BCUT2D eigenvalue weighted by atomic mass is 31.0. The van der Waals surface area contributed by atoms with Crippen LogP contribution in [0.1, 0.15) is 13.8 Å². The Morgan fingerprint density at radius 2 is 1.82 bits per heavy atom.